The highest BCUT2D eigenvalue weighted by atomic mass is 32.2. The van der Waals surface area contributed by atoms with Crippen LogP contribution in [0.5, 0.6) is 0 Å². The Morgan fingerprint density at radius 1 is 1.15 bits per heavy atom. The van der Waals surface area contributed by atoms with Gasteiger partial charge in [0.05, 0.1) is 4.92 Å². The third-order valence-corrected chi connectivity index (χ3v) is 5.31. The highest BCUT2D eigenvalue weighted by Gasteiger charge is 2.24. The Morgan fingerprint density at radius 3 is 2.46 bits per heavy atom. The van der Waals surface area contributed by atoms with E-state index in [2.05, 4.69) is 9.71 Å². The molecule has 0 aliphatic rings. The minimum absolute atomic E-state index is 0.0254. The minimum Gasteiger partial charge on any atom is -0.304 e. The van der Waals surface area contributed by atoms with Gasteiger partial charge in [0.15, 0.2) is 4.90 Å². The van der Waals surface area contributed by atoms with Gasteiger partial charge in [0.2, 0.25) is 10.0 Å². The van der Waals surface area contributed by atoms with Gasteiger partial charge in [-0.25, -0.2) is 18.1 Å². The average molecular weight is 372 g/mol. The number of nitrogens with zero attached hydrogens (tertiary/aromatic N) is 3. The summed E-state index contributed by atoms with van der Waals surface area (Å²) >= 11 is 0. The van der Waals surface area contributed by atoms with E-state index in [0.29, 0.717) is 0 Å². The molecule has 1 aromatic heterocycles. The predicted octanol–water partition coefficient (Wildman–Crippen LogP) is 2.57. The second-order valence-electron chi connectivity index (χ2n) is 5.56. The molecule has 3 rings (SSSR count). The van der Waals surface area contributed by atoms with Gasteiger partial charge < -0.3 is 4.57 Å². The minimum atomic E-state index is -4.00. The second kappa shape index (κ2) is 7.06. The van der Waals surface area contributed by atoms with Crippen molar-refractivity contribution in [2.75, 3.05) is 0 Å². The maximum absolute atomic E-state index is 12.4. The standard InChI is InChI=1S/C17H16N4O4S/c1-13-18-10-11-20(13)15-8-6-14(7-9-15)12-19-26(24,25)17-5-3-2-4-16(17)21(22)23/h2-11,19H,12H2,1H3. The highest BCUT2D eigenvalue weighted by Crippen LogP contribution is 2.23. The van der Waals surface area contributed by atoms with E-state index < -0.39 is 20.6 Å². The lowest BCUT2D eigenvalue weighted by Gasteiger charge is -2.09. The smallest absolute Gasteiger partial charge is 0.289 e. The molecular weight excluding hydrogens is 356 g/mol. The molecule has 9 heteroatoms. The molecule has 0 fully saturated rings. The molecule has 2 aromatic carbocycles. The van der Waals surface area contributed by atoms with E-state index in [1.807, 2.05) is 29.8 Å². The number of aromatic nitrogens is 2. The molecule has 1 heterocycles. The van der Waals surface area contributed by atoms with Crippen LogP contribution in [0.15, 0.2) is 65.8 Å². The van der Waals surface area contributed by atoms with Crippen LogP contribution in [0.3, 0.4) is 0 Å². The van der Waals surface area contributed by atoms with E-state index in [1.54, 1.807) is 18.3 Å². The molecule has 0 aliphatic heterocycles. The van der Waals surface area contributed by atoms with Crippen LogP contribution in [-0.4, -0.2) is 22.9 Å². The van der Waals surface area contributed by atoms with Crippen molar-refractivity contribution in [1.82, 2.24) is 14.3 Å². The van der Waals surface area contributed by atoms with Crippen molar-refractivity contribution in [3.63, 3.8) is 0 Å². The molecule has 0 amide bonds. The fraction of sp³-hybridized carbons (Fsp3) is 0.118. The Labute approximate surface area is 150 Å². The van der Waals surface area contributed by atoms with Crippen molar-refractivity contribution < 1.29 is 13.3 Å². The Balaban J connectivity index is 1.77. The molecule has 8 nitrogen and oxygen atoms in total. The van der Waals surface area contributed by atoms with Gasteiger partial charge in [-0.05, 0) is 30.7 Å². The number of para-hydroxylation sites is 1. The lowest BCUT2D eigenvalue weighted by Crippen LogP contribution is -2.24. The van der Waals surface area contributed by atoms with Crippen LogP contribution in [0.25, 0.3) is 5.69 Å². The molecular formula is C17H16N4O4S. The summed E-state index contributed by atoms with van der Waals surface area (Å²) in [5.41, 5.74) is 1.19. The van der Waals surface area contributed by atoms with Crippen molar-refractivity contribution in [3.05, 3.63) is 82.4 Å². The number of nitro groups is 1. The van der Waals surface area contributed by atoms with Gasteiger partial charge in [-0.3, -0.25) is 10.1 Å². The number of nitro benzene ring substituents is 1. The Kier molecular flexibility index (Phi) is 4.83. The molecule has 0 saturated heterocycles. The normalized spacial score (nSPS) is 11.4. The van der Waals surface area contributed by atoms with E-state index in [0.717, 1.165) is 23.1 Å². The van der Waals surface area contributed by atoms with Gasteiger partial charge in [0.25, 0.3) is 5.69 Å². The summed E-state index contributed by atoms with van der Waals surface area (Å²) in [5.74, 6) is 0.842. The summed E-state index contributed by atoms with van der Waals surface area (Å²) in [6.45, 7) is 1.91. The van der Waals surface area contributed by atoms with E-state index >= 15 is 0 Å². The number of nitrogens with one attached hydrogen (secondary N) is 1. The number of hydrogen-bond donors (Lipinski definition) is 1. The molecule has 0 unspecified atom stereocenters. The molecule has 26 heavy (non-hydrogen) atoms. The molecule has 0 bridgehead atoms. The molecule has 0 atom stereocenters. The monoisotopic (exact) mass is 372 g/mol. The first kappa shape index (κ1) is 17.8. The van der Waals surface area contributed by atoms with Crippen LogP contribution in [-0.2, 0) is 16.6 Å². The van der Waals surface area contributed by atoms with Crippen molar-refractivity contribution in [3.8, 4) is 5.69 Å². The summed E-state index contributed by atoms with van der Waals surface area (Å²) in [5, 5.41) is 11.0. The van der Waals surface area contributed by atoms with Crippen molar-refractivity contribution >= 4 is 15.7 Å². The number of benzene rings is 2. The summed E-state index contributed by atoms with van der Waals surface area (Å²) in [4.78, 5) is 14.1. The number of sulfonamides is 1. The fourth-order valence-electron chi connectivity index (χ4n) is 2.52. The number of rotatable bonds is 6. The van der Waals surface area contributed by atoms with Crippen LogP contribution in [0.2, 0.25) is 0 Å². The number of aryl methyl sites for hydroxylation is 1. The van der Waals surface area contributed by atoms with Crippen molar-refractivity contribution in [1.29, 1.82) is 0 Å². The molecule has 0 radical (unpaired) electrons. The molecule has 1 N–H and O–H groups in total. The van der Waals surface area contributed by atoms with Crippen molar-refractivity contribution in [2.45, 2.75) is 18.4 Å². The summed E-state index contributed by atoms with van der Waals surface area (Å²) < 4.78 is 29.1. The van der Waals surface area contributed by atoms with E-state index in [1.165, 1.54) is 18.2 Å². The zero-order valence-corrected chi connectivity index (χ0v) is 14.7. The Hall–Kier alpha value is -3.04. The summed E-state index contributed by atoms with van der Waals surface area (Å²) in [6, 6.07) is 12.5. The van der Waals surface area contributed by atoms with Crippen LogP contribution in [0.4, 0.5) is 5.69 Å². The average Bonchev–Trinajstić information content (AvgIpc) is 3.06. The van der Waals surface area contributed by atoms with Gasteiger partial charge in [0.1, 0.15) is 5.82 Å². The number of hydrogen-bond acceptors (Lipinski definition) is 5. The zero-order chi connectivity index (χ0) is 18.7. The van der Waals surface area contributed by atoms with Gasteiger partial charge in [-0.1, -0.05) is 24.3 Å². The second-order valence-corrected chi connectivity index (χ2v) is 7.30. The highest BCUT2D eigenvalue weighted by molar-refractivity contribution is 7.89. The molecule has 0 saturated carbocycles. The zero-order valence-electron chi connectivity index (χ0n) is 13.9. The van der Waals surface area contributed by atoms with Crippen LogP contribution in [0, 0.1) is 17.0 Å². The summed E-state index contributed by atoms with van der Waals surface area (Å²) in [6.07, 6.45) is 3.53. The third kappa shape index (κ3) is 3.63. The Bertz CT molecular complexity index is 1040. The first-order valence-electron chi connectivity index (χ1n) is 7.71. The topological polar surface area (TPSA) is 107 Å². The molecule has 0 aliphatic carbocycles. The van der Waals surface area contributed by atoms with E-state index in [9.17, 15) is 18.5 Å². The lowest BCUT2D eigenvalue weighted by molar-refractivity contribution is -0.387. The first-order chi connectivity index (χ1) is 12.4. The molecule has 3 aromatic rings. The maximum atomic E-state index is 12.4. The van der Waals surface area contributed by atoms with Gasteiger partial charge in [0, 0.05) is 30.7 Å². The Morgan fingerprint density at radius 2 is 1.85 bits per heavy atom. The third-order valence-electron chi connectivity index (χ3n) is 3.86. The summed E-state index contributed by atoms with van der Waals surface area (Å²) in [7, 11) is -4.00. The number of imidazole rings is 1. The first-order valence-corrected chi connectivity index (χ1v) is 9.19. The molecule has 134 valence electrons. The van der Waals surface area contributed by atoms with Gasteiger partial charge in [-0.15, -0.1) is 0 Å². The largest absolute Gasteiger partial charge is 0.304 e. The van der Waals surface area contributed by atoms with Crippen LogP contribution < -0.4 is 4.72 Å². The van der Waals surface area contributed by atoms with Gasteiger partial charge in [-0.2, -0.15) is 0 Å². The molecule has 0 spiro atoms. The fourth-order valence-corrected chi connectivity index (χ4v) is 3.70. The predicted molar refractivity (Wildman–Crippen MR) is 95.4 cm³/mol. The lowest BCUT2D eigenvalue weighted by atomic mass is 10.2. The van der Waals surface area contributed by atoms with E-state index in [4.69, 9.17) is 0 Å². The van der Waals surface area contributed by atoms with Gasteiger partial charge >= 0.3 is 0 Å². The van der Waals surface area contributed by atoms with Crippen LogP contribution >= 0.6 is 0 Å². The van der Waals surface area contributed by atoms with Crippen molar-refractivity contribution in [2.24, 2.45) is 0 Å². The quantitative estimate of drug-likeness (QED) is 0.528. The van der Waals surface area contributed by atoms with E-state index in [-0.39, 0.29) is 11.4 Å². The SMILES string of the molecule is Cc1nccn1-c1ccc(CNS(=O)(=O)c2ccccc2[N+](=O)[O-])cc1. The maximum Gasteiger partial charge on any atom is 0.289 e. The van der Waals surface area contributed by atoms with Crippen LogP contribution in [0.1, 0.15) is 11.4 Å².